The second-order valence-corrected chi connectivity index (χ2v) is 5.97. The van der Waals surface area contributed by atoms with Crippen LogP contribution in [-0.2, 0) is 9.59 Å². The van der Waals surface area contributed by atoms with Gasteiger partial charge >= 0.3 is 0 Å². The van der Waals surface area contributed by atoms with E-state index >= 15 is 0 Å². The third-order valence-corrected chi connectivity index (χ3v) is 3.77. The van der Waals surface area contributed by atoms with Gasteiger partial charge in [0, 0.05) is 18.0 Å². The second-order valence-electron chi connectivity index (χ2n) is 5.56. The van der Waals surface area contributed by atoms with Crippen molar-refractivity contribution >= 4 is 40.9 Å². The fourth-order valence-corrected chi connectivity index (χ4v) is 2.31. The second kappa shape index (κ2) is 7.79. The monoisotopic (exact) mass is 342 g/mol. The minimum Gasteiger partial charge on any atom is -0.325 e. The van der Waals surface area contributed by atoms with Gasteiger partial charge in [0.2, 0.25) is 11.8 Å². The van der Waals surface area contributed by atoms with E-state index in [1.807, 2.05) is 32.0 Å². The van der Waals surface area contributed by atoms with Crippen molar-refractivity contribution in [2.45, 2.75) is 20.8 Å². The Hall–Kier alpha value is -2.59. The summed E-state index contributed by atoms with van der Waals surface area (Å²) in [7, 11) is 0. The molecule has 5 heteroatoms. The maximum Gasteiger partial charge on any atom is 0.248 e. The van der Waals surface area contributed by atoms with Crippen LogP contribution in [-0.4, -0.2) is 11.8 Å². The lowest BCUT2D eigenvalue weighted by Crippen LogP contribution is -2.13. The van der Waals surface area contributed by atoms with Crippen molar-refractivity contribution < 1.29 is 9.59 Å². The molecule has 0 bridgehead atoms. The van der Waals surface area contributed by atoms with Crippen LogP contribution in [0.5, 0.6) is 0 Å². The predicted octanol–water partition coefficient (Wildman–Crippen LogP) is 4.57. The average Bonchev–Trinajstić information content (AvgIpc) is 2.51. The van der Waals surface area contributed by atoms with Crippen LogP contribution in [0.2, 0.25) is 5.02 Å². The number of rotatable bonds is 4. The number of amides is 2. The summed E-state index contributed by atoms with van der Waals surface area (Å²) in [6, 6.07) is 11.0. The maximum absolute atomic E-state index is 12.1. The van der Waals surface area contributed by atoms with Crippen LogP contribution >= 0.6 is 11.6 Å². The molecule has 0 atom stereocenters. The first-order valence-corrected chi connectivity index (χ1v) is 7.86. The van der Waals surface area contributed by atoms with Gasteiger partial charge in [0.15, 0.2) is 0 Å². The van der Waals surface area contributed by atoms with Crippen LogP contribution in [0.3, 0.4) is 0 Å². The first kappa shape index (κ1) is 17.8. The first-order valence-electron chi connectivity index (χ1n) is 7.48. The normalized spacial score (nSPS) is 10.7. The van der Waals surface area contributed by atoms with Gasteiger partial charge in [0.1, 0.15) is 0 Å². The van der Waals surface area contributed by atoms with Crippen molar-refractivity contribution in [1.29, 1.82) is 0 Å². The van der Waals surface area contributed by atoms with Gasteiger partial charge in [-0.1, -0.05) is 29.8 Å². The number of hydrogen-bond donors (Lipinski definition) is 2. The zero-order valence-corrected chi connectivity index (χ0v) is 14.6. The molecule has 124 valence electrons. The van der Waals surface area contributed by atoms with Crippen molar-refractivity contribution in [2.75, 3.05) is 10.6 Å². The Labute approximate surface area is 146 Å². The van der Waals surface area contributed by atoms with Crippen molar-refractivity contribution in [3.8, 4) is 0 Å². The van der Waals surface area contributed by atoms with Gasteiger partial charge in [-0.2, -0.15) is 0 Å². The maximum atomic E-state index is 12.1. The standard InChI is InChI=1S/C19H19ClN2O2/c1-12-4-8-17(21-14(3)23)18(10-12)22-19(24)9-7-15-6-5-13(2)16(20)11-15/h4-11H,1-3H3,(H,21,23)(H,22,24)/b9-7+. The highest BCUT2D eigenvalue weighted by Gasteiger charge is 2.07. The molecule has 2 N–H and O–H groups in total. The predicted molar refractivity (Wildman–Crippen MR) is 99.3 cm³/mol. The molecule has 2 aromatic rings. The smallest absolute Gasteiger partial charge is 0.248 e. The van der Waals surface area contributed by atoms with Gasteiger partial charge in [0.05, 0.1) is 11.4 Å². The number of hydrogen-bond acceptors (Lipinski definition) is 2. The van der Waals surface area contributed by atoms with Crippen LogP contribution in [0, 0.1) is 13.8 Å². The number of halogens is 1. The van der Waals surface area contributed by atoms with Gasteiger partial charge in [0.25, 0.3) is 0 Å². The van der Waals surface area contributed by atoms with E-state index in [0.717, 1.165) is 16.7 Å². The molecule has 2 aromatic carbocycles. The Morgan fingerprint density at radius 1 is 1.00 bits per heavy atom. The highest BCUT2D eigenvalue weighted by molar-refractivity contribution is 6.31. The summed E-state index contributed by atoms with van der Waals surface area (Å²) in [5.74, 6) is -0.483. The Bertz CT molecular complexity index is 813. The SMILES string of the molecule is CC(=O)Nc1ccc(C)cc1NC(=O)/C=C/c1ccc(C)c(Cl)c1. The topological polar surface area (TPSA) is 58.2 Å². The lowest BCUT2D eigenvalue weighted by molar-refractivity contribution is -0.114. The van der Waals surface area contributed by atoms with Crippen LogP contribution in [0.1, 0.15) is 23.6 Å². The molecule has 0 aliphatic carbocycles. The molecule has 0 unspecified atom stereocenters. The highest BCUT2D eigenvalue weighted by atomic mass is 35.5. The lowest BCUT2D eigenvalue weighted by Gasteiger charge is -2.11. The van der Waals surface area contributed by atoms with Gasteiger partial charge in [-0.15, -0.1) is 0 Å². The minimum atomic E-state index is -0.288. The van der Waals surface area contributed by atoms with E-state index in [0.29, 0.717) is 16.4 Å². The Morgan fingerprint density at radius 2 is 1.75 bits per heavy atom. The molecule has 0 saturated carbocycles. The van der Waals surface area contributed by atoms with Gasteiger partial charge < -0.3 is 10.6 Å². The molecular formula is C19H19ClN2O2. The molecule has 0 spiro atoms. The highest BCUT2D eigenvalue weighted by Crippen LogP contribution is 2.23. The third-order valence-electron chi connectivity index (χ3n) is 3.37. The summed E-state index contributed by atoms with van der Waals surface area (Å²) in [6.07, 6.45) is 3.12. The lowest BCUT2D eigenvalue weighted by atomic mass is 10.1. The van der Waals surface area contributed by atoms with Gasteiger partial charge in [-0.05, 0) is 54.8 Å². The molecule has 2 rings (SSSR count). The fourth-order valence-electron chi connectivity index (χ4n) is 2.12. The van der Waals surface area contributed by atoms with E-state index in [9.17, 15) is 9.59 Å². The number of nitrogens with one attached hydrogen (secondary N) is 2. The van der Waals surface area contributed by atoms with Crippen LogP contribution in [0.15, 0.2) is 42.5 Å². The van der Waals surface area contributed by atoms with E-state index in [1.54, 1.807) is 24.3 Å². The molecule has 0 aliphatic heterocycles. The number of anilines is 2. The summed E-state index contributed by atoms with van der Waals surface area (Å²) in [5.41, 5.74) is 3.92. The number of benzene rings is 2. The molecule has 0 fully saturated rings. The number of aryl methyl sites for hydroxylation is 2. The Balaban J connectivity index is 2.14. The van der Waals surface area contributed by atoms with Crippen LogP contribution in [0.4, 0.5) is 11.4 Å². The number of carbonyl (C=O) groups excluding carboxylic acids is 2. The molecular weight excluding hydrogens is 324 g/mol. The molecule has 2 amide bonds. The molecule has 0 aromatic heterocycles. The van der Waals surface area contributed by atoms with E-state index in [1.165, 1.54) is 13.0 Å². The van der Waals surface area contributed by atoms with Crippen LogP contribution < -0.4 is 10.6 Å². The fraction of sp³-hybridized carbons (Fsp3) is 0.158. The number of carbonyl (C=O) groups is 2. The molecule has 0 aliphatic rings. The summed E-state index contributed by atoms with van der Waals surface area (Å²) < 4.78 is 0. The zero-order valence-electron chi connectivity index (χ0n) is 13.8. The van der Waals surface area contributed by atoms with E-state index < -0.39 is 0 Å². The molecule has 0 radical (unpaired) electrons. The van der Waals surface area contributed by atoms with E-state index in [2.05, 4.69) is 10.6 Å². The minimum absolute atomic E-state index is 0.195. The summed E-state index contributed by atoms with van der Waals surface area (Å²) >= 11 is 6.07. The van der Waals surface area contributed by atoms with Crippen molar-refractivity contribution in [1.82, 2.24) is 0 Å². The summed E-state index contributed by atoms with van der Waals surface area (Å²) in [5, 5.41) is 6.13. The van der Waals surface area contributed by atoms with Crippen molar-refractivity contribution in [3.63, 3.8) is 0 Å². The van der Waals surface area contributed by atoms with Crippen molar-refractivity contribution in [2.24, 2.45) is 0 Å². The third kappa shape index (κ3) is 4.96. The van der Waals surface area contributed by atoms with E-state index in [-0.39, 0.29) is 11.8 Å². The van der Waals surface area contributed by atoms with Crippen molar-refractivity contribution in [3.05, 3.63) is 64.2 Å². The zero-order chi connectivity index (χ0) is 17.7. The molecule has 0 heterocycles. The quantitative estimate of drug-likeness (QED) is 0.800. The van der Waals surface area contributed by atoms with Crippen LogP contribution in [0.25, 0.3) is 6.08 Å². The summed E-state index contributed by atoms with van der Waals surface area (Å²) in [4.78, 5) is 23.4. The summed E-state index contributed by atoms with van der Waals surface area (Å²) in [6.45, 7) is 5.26. The Kier molecular flexibility index (Phi) is 5.77. The van der Waals surface area contributed by atoms with Gasteiger partial charge in [-0.3, -0.25) is 9.59 Å². The first-order chi connectivity index (χ1) is 11.3. The molecule has 0 saturated heterocycles. The molecule has 24 heavy (non-hydrogen) atoms. The van der Waals surface area contributed by atoms with E-state index in [4.69, 9.17) is 11.6 Å². The average molecular weight is 343 g/mol. The van der Waals surface area contributed by atoms with Gasteiger partial charge in [-0.25, -0.2) is 0 Å². The largest absolute Gasteiger partial charge is 0.325 e. The Morgan fingerprint density at radius 3 is 2.42 bits per heavy atom. The molecule has 4 nitrogen and oxygen atoms in total.